The van der Waals surface area contributed by atoms with Crippen LogP contribution in [0.2, 0.25) is 0 Å². The molecule has 184 valence electrons. The summed E-state index contributed by atoms with van der Waals surface area (Å²) in [6.45, 7) is 0.916. The van der Waals surface area contributed by atoms with Gasteiger partial charge in [-0.15, -0.1) is 0 Å². The zero-order chi connectivity index (χ0) is 24.7. The maximum atomic E-state index is 13.2. The highest BCUT2D eigenvalue weighted by molar-refractivity contribution is 7.89. The van der Waals surface area contributed by atoms with Crippen molar-refractivity contribution in [2.75, 3.05) is 37.4 Å². The molecule has 0 bridgehead atoms. The second kappa shape index (κ2) is 11.2. The van der Waals surface area contributed by atoms with E-state index in [4.69, 9.17) is 9.47 Å². The number of hydrogen-bond acceptors (Lipinski definition) is 6. The van der Waals surface area contributed by atoms with Crippen LogP contribution in [0.15, 0.2) is 77.7 Å². The second-order valence-electron chi connectivity index (χ2n) is 8.14. The molecule has 1 amide bonds. The molecule has 1 fully saturated rings. The number of benzene rings is 3. The minimum Gasteiger partial charge on any atom is -0.495 e. The van der Waals surface area contributed by atoms with Crippen molar-refractivity contribution in [2.45, 2.75) is 24.2 Å². The number of sulfonamides is 1. The van der Waals surface area contributed by atoms with Gasteiger partial charge in [0.2, 0.25) is 15.9 Å². The van der Waals surface area contributed by atoms with Gasteiger partial charge in [0.1, 0.15) is 11.5 Å². The lowest BCUT2D eigenvalue weighted by Gasteiger charge is -2.26. The predicted molar refractivity (Wildman–Crippen MR) is 136 cm³/mol. The van der Waals surface area contributed by atoms with Crippen molar-refractivity contribution in [2.24, 2.45) is 0 Å². The highest BCUT2D eigenvalue weighted by atomic mass is 32.2. The number of ether oxygens (including phenoxy) is 2. The van der Waals surface area contributed by atoms with E-state index in [9.17, 15) is 13.2 Å². The van der Waals surface area contributed by atoms with Gasteiger partial charge in [0.05, 0.1) is 29.9 Å². The first-order valence-electron chi connectivity index (χ1n) is 11.5. The smallest absolute Gasteiger partial charge is 0.243 e. The first-order valence-corrected chi connectivity index (χ1v) is 13.0. The summed E-state index contributed by atoms with van der Waals surface area (Å²) in [5, 5.41) is 5.85. The van der Waals surface area contributed by atoms with Crippen molar-refractivity contribution in [3.63, 3.8) is 0 Å². The van der Waals surface area contributed by atoms with E-state index in [1.54, 1.807) is 42.5 Å². The van der Waals surface area contributed by atoms with Crippen molar-refractivity contribution in [1.82, 2.24) is 4.31 Å². The summed E-state index contributed by atoms with van der Waals surface area (Å²) in [5.74, 6) is 1.24. The summed E-state index contributed by atoms with van der Waals surface area (Å²) in [7, 11) is -2.12. The fraction of sp³-hybridized carbons (Fsp3) is 0.269. The SMILES string of the molecule is COc1ccccc1NC(=O)CNc1cc(S(=O)(=O)N2CCCCC2)ccc1Oc1ccccc1. The van der Waals surface area contributed by atoms with Crippen molar-refractivity contribution < 1.29 is 22.7 Å². The second-order valence-corrected chi connectivity index (χ2v) is 10.1. The molecule has 1 aliphatic rings. The zero-order valence-electron chi connectivity index (χ0n) is 19.6. The molecule has 0 atom stereocenters. The molecule has 0 aromatic heterocycles. The molecule has 3 aromatic carbocycles. The van der Waals surface area contributed by atoms with Crippen molar-refractivity contribution in [1.29, 1.82) is 0 Å². The number of rotatable bonds is 9. The molecule has 1 aliphatic heterocycles. The van der Waals surface area contributed by atoms with Gasteiger partial charge in [-0.1, -0.05) is 36.8 Å². The van der Waals surface area contributed by atoms with Gasteiger partial charge in [0, 0.05) is 13.1 Å². The molecular formula is C26H29N3O5S. The average molecular weight is 496 g/mol. The number of anilines is 2. The Morgan fingerprint density at radius 2 is 1.60 bits per heavy atom. The van der Waals surface area contributed by atoms with E-state index in [0.29, 0.717) is 41.7 Å². The maximum absolute atomic E-state index is 13.2. The molecule has 35 heavy (non-hydrogen) atoms. The van der Waals surface area contributed by atoms with E-state index >= 15 is 0 Å². The van der Waals surface area contributed by atoms with Gasteiger partial charge in [0.25, 0.3) is 0 Å². The molecule has 4 rings (SSSR count). The Labute approximate surface area is 205 Å². The molecule has 0 aliphatic carbocycles. The van der Waals surface area contributed by atoms with Crippen LogP contribution in [0.3, 0.4) is 0 Å². The van der Waals surface area contributed by atoms with Gasteiger partial charge in [-0.05, 0) is 55.3 Å². The summed E-state index contributed by atoms with van der Waals surface area (Å²) < 4.78 is 39.2. The van der Waals surface area contributed by atoms with Crippen LogP contribution in [0.4, 0.5) is 11.4 Å². The highest BCUT2D eigenvalue weighted by Crippen LogP contribution is 2.33. The molecule has 0 spiro atoms. The van der Waals surface area contributed by atoms with E-state index in [0.717, 1.165) is 19.3 Å². The number of amides is 1. The van der Waals surface area contributed by atoms with E-state index in [-0.39, 0.29) is 17.3 Å². The lowest BCUT2D eigenvalue weighted by atomic mass is 10.2. The fourth-order valence-corrected chi connectivity index (χ4v) is 5.43. The molecule has 2 N–H and O–H groups in total. The topological polar surface area (TPSA) is 97.0 Å². The van der Waals surface area contributed by atoms with Gasteiger partial charge in [-0.3, -0.25) is 4.79 Å². The summed E-state index contributed by atoms with van der Waals surface area (Å²) in [6.07, 6.45) is 2.73. The van der Waals surface area contributed by atoms with Gasteiger partial charge < -0.3 is 20.1 Å². The molecule has 0 radical (unpaired) electrons. The molecule has 1 heterocycles. The number of carbonyl (C=O) groups excluding carboxylic acids is 1. The van der Waals surface area contributed by atoms with Crippen LogP contribution in [-0.4, -0.2) is 45.4 Å². The standard InChI is InChI=1S/C26H29N3O5S/c1-33-24-13-7-6-12-22(24)28-26(30)19-27-23-18-21(35(31,32)29-16-8-3-9-17-29)14-15-25(23)34-20-10-4-2-5-11-20/h2,4-7,10-15,18,27H,3,8-9,16-17,19H2,1H3,(H,28,30). The van der Waals surface area contributed by atoms with Crippen LogP contribution in [-0.2, 0) is 14.8 Å². The lowest BCUT2D eigenvalue weighted by Crippen LogP contribution is -2.35. The monoisotopic (exact) mass is 495 g/mol. The number of piperidine rings is 1. The van der Waals surface area contributed by atoms with E-state index in [1.165, 1.54) is 17.5 Å². The van der Waals surface area contributed by atoms with Crippen molar-refractivity contribution in [3.05, 3.63) is 72.8 Å². The Kier molecular flexibility index (Phi) is 7.89. The van der Waals surface area contributed by atoms with E-state index in [1.807, 2.05) is 24.3 Å². The normalized spacial score (nSPS) is 14.2. The van der Waals surface area contributed by atoms with Crippen LogP contribution in [0.1, 0.15) is 19.3 Å². The lowest BCUT2D eigenvalue weighted by molar-refractivity contribution is -0.114. The Balaban J connectivity index is 1.56. The van der Waals surface area contributed by atoms with E-state index in [2.05, 4.69) is 10.6 Å². The summed E-state index contributed by atoms with van der Waals surface area (Å²) in [4.78, 5) is 12.8. The first-order chi connectivity index (χ1) is 17.0. The van der Waals surface area contributed by atoms with Crippen molar-refractivity contribution >= 4 is 27.3 Å². The molecule has 3 aromatic rings. The Bertz CT molecular complexity index is 1260. The third-order valence-corrected chi connectivity index (χ3v) is 7.59. The van der Waals surface area contributed by atoms with Crippen LogP contribution in [0.25, 0.3) is 0 Å². The third kappa shape index (κ3) is 6.12. The molecule has 8 nitrogen and oxygen atoms in total. The zero-order valence-corrected chi connectivity index (χ0v) is 20.4. The van der Waals surface area contributed by atoms with Crippen LogP contribution >= 0.6 is 0 Å². The molecule has 9 heteroatoms. The number of nitrogens with one attached hydrogen (secondary N) is 2. The van der Waals surface area contributed by atoms with Crippen molar-refractivity contribution in [3.8, 4) is 17.2 Å². The molecule has 1 saturated heterocycles. The quantitative estimate of drug-likeness (QED) is 0.446. The average Bonchev–Trinajstić information content (AvgIpc) is 2.89. The molecular weight excluding hydrogens is 466 g/mol. The summed E-state index contributed by atoms with van der Waals surface area (Å²) >= 11 is 0. The minimum atomic E-state index is -3.65. The number of nitrogens with zero attached hydrogens (tertiary/aromatic N) is 1. The highest BCUT2D eigenvalue weighted by Gasteiger charge is 2.27. The molecule has 0 saturated carbocycles. The Hall–Kier alpha value is -3.56. The van der Waals surface area contributed by atoms with Gasteiger partial charge in [-0.25, -0.2) is 8.42 Å². The molecule has 0 unspecified atom stereocenters. The maximum Gasteiger partial charge on any atom is 0.243 e. The number of hydrogen-bond donors (Lipinski definition) is 2. The van der Waals surface area contributed by atoms with Crippen LogP contribution in [0.5, 0.6) is 17.2 Å². The minimum absolute atomic E-state index is 0.101. The van der Waals surface area contributed by atoms with E-state index < -0.39 is 10.0 Å². The first kappa shape index (κ1) is 24.6. The summed E-state index contributed by atoms with van der Waals surface area (Å²) in [5.41, 5.74) is 0.950. The number of methoxy groups -OCH3 is 1. The van der Waals surface area contributed by atoms with Crippen LogP contribution in [0, 0.1) is 0 Å². The number of carbonyl (C=O) groups is 1. The third-order valence-electron chi connectivity index (χ3n) is 5.70. The predicted octanol–water partition coefficient (Wildman–Crippen LogP) is 4.71. The van der Waals surface area contributed by atoms with Gasteiger partial charge >= 0.3 is 0 Å². The van der Waals surface area contributed by atoms with Crippen LogP contribution < -0.4 is 20.1 Å². The largest absolute Gasteiger partial charge is 0.495 e. The summed E-state index contributed by atoms with van der Waals surface area (Å²) in [6, 6.07) is 21.0. The van der Waals surface area contributed by atoms with Gasteiger partial charge in [0.15, 0.2) is 5.75 Å². The fourth-order valence-electron chi connectivity index (χ4n) is 3.88. The number of para-hydroxylation sites is 3. The Morgan fingerprint density at radius 3 is 2.34 bits per heavy atom. The Morgan fingerprint density at radius 1 is 0.886 bits per heavy atom. The van der Waals surface area contributed by atoms with Gasteiger partial charge in [-0.2, -0.15) is 4.31 Å².